The van der Waals surface area contributed by atoms with Crippen molar-refractivity contribution >= 4 is 26.7 Å². The molecule has 0 N–H and O–H groups in total. The Labute approximate surface area is 89.1 Å². The second kappa shape index (κ2) is 4.16. The molecule has 2 unspecified atom stereocenters. The van der Waals surface area contributed by atoms with E-state index in [0.29, 0.717) is 6.42 Å². The summed E-state index contributed by atoms with van der Waals surface area (Å²) in [5.74, 6) is 0.350. The van der Waals surface area contributed by atoms with E-state index in [1.165, 1.54) is 0 Å². The highest BCUT2D eigenvalue weighted by atomic mass is 35.5. The average molecular weight is 240 g/mol. The molecule has 4 nitrogen and oxygen atoms in total. The molecule has 0 saturated carbocycles. The first-order valence-corrected chi connectivity index (χ1v) is 6.65. The van der Waals surface area contributed by atoms with Crippen LogP contribution in [0, 0.1) is 0 Å². The Morgan fingerprint density at radius 1 is 1.57 bits per heavy atom. The van der Waals surface area contributed by atoms with Gasteiger partial charge in [0.05, 0.1) is 17.5 Å². The van der Waals surface area contributed by atoms with Gasteiger partial charge < -0.3 is 0 Å². The van der Waals surface area contributed by atoms with Gasteiger partial charge in [0.2, 0.25) is 5.24 Å². The number of rotatable bonds is 3. The number of likely N-dealkylation sites (N-methyl/N-ethyl adjacent to an activating group) is 1. The van der Waals surface area contributed by atoms with E-state index in [2.05, 4.69) is 0 Å². The molecule has 1 fully saturated rings. The fourth-order valence-corrected chi connectivity index (χ4v) is 3.51. The lowest BCUT2D eigenvalue weighted by molar-refractivity contribution is -0.116. The van der Waals surface area contributed by atoms with Gasteiger partial charge in [-0.05, 0) is 32.0 Å². The lowest BCUT2D eigenvalue weighted by Gasteiger charge is -2.26. The van der Waals surface area contributed by atoms with Crippen LogP contribution < -0.4 is 0 Å². The minimum atomic E-state index is -2.90. The molecule has 0 radical (unpaired) electrons. The summed E-state index contributed by atoms with van der Waals surface area (Å²) in [5, 5.41) is -0.447. The van der Waals surface area contributed by atoms with Crippen molar-refractivity contribution < 1.29 is 13.2 Å². The maximum absolute atomic E-state index is 11.2. The zero-order valence-corrected chi connectivity index (χ0v) is 9.81. The van der Waals surface area contributed by atoms with Crippen LogP contribution in [0.25, 0.3) is 0 Å². The number of sulfone groups is 1. The fourth-order valence-electron chi connectivity index (χ4n) is 1.57. The molecule has 14 heavy (non-hydrogen) atoms. The maximum atomic E-state index is 11.2. The van der Waals surface area contributed by atoms with Gasteiger partial charge in [-0.1, -0.05) is 0 Å². The molecule has 0 spiro atoms. The molecule has 1 heterocycles. The predicted octanol–water partition coefficient (Wildman–Crippen LogP) is 0.259. The molecule has 0 amide bonds. The quantitative estimate of drug-likeness (QED) is 0.663. The number of hydrogen-bond acceptors (Lipinski definition) is 4. The highest BCUT2D eigenvalue weighted by Gasteiger charge is 2.33. The summed E-state index contributed by atoms with van der Waals surface area (Å²) in [6.45, 7) is 1.68. The monoisotopic (exact) mass is 239 g/mol. The van der Waals surface area contributed by atoms with Crippen molar-refractivity contribution in [3.05, 3.63) is 0 Å². The van der Waals surface area contributed by atoms with Gasteiger partial charge in [0.1, 0.15) is 0 Å². The van der Waals surface area contributed by atoms with Gasteiger partial charge in [0, 0.05) is 6.04 Å². The van der Waals surface area contributed by atoms with Crippen LogP contribution in [0.2, 0.25) is 0 Å². The van der Waals surface area contributed by atoms with Gasteiger partial charge in [-0.25, -0.2) is 8.42 Å². The largest absolute Gasteiger partial charge is 0.292 e. The summed E-state index contributed by atoms with van der Waals surface area (Å²) in [5.41, 5.74) is 0. The highest BCUT2D eigenvalue weighted by molar-refractivity contribution is 7.91. The number of carbonyl (C=O) groups is 1. The number of hydrogen-bond donors (Lipinski definition) is 0. The van der Waals surface area contributed by atoms with Crippen molar-refractivity contribution in [2.24, 2.45) is 0 Å². The first kappa shape index (κ1) is 11.9. The van der Waals surface area contributed by atoms with E-state index in [9.17, 15) is 13.2 Å². The van der Waals surface area contributed by atoms with E-state index in [4.69, 9.17) is 11.6 Å². The molecule has 0 aromatic rings. The van der Waals surface area contributed by atoms with E-state index >= 15 is 0 Å². The average Bonchev–Trinajstić information content (AvgIpc) is 2.43. The van der Waals surface area contributed by atoms with Crippen LogP contribution in [0.5, 0.6) is 0 Å². The minimum absolute atomic E-state index is 0.0716. The van der Waals surface area contributed by atoms with Crippen molar-refractivity contribution in [1.82, 2.24) is 4.90 Å². The first-order chi connectivity index (χ1) is 6.33. The molecular formula is C8H14ClNO3S. The fraction of sp³-hybridized carbons (Fsp3) is 0.875. The van der Waals surface area contributed by atoms with Crippen molar-refractivity contribution in [1.29, 1.82) is 0 Å². The molecule has 1 aliphatic rings. The summed E-state index contributed by atoms with van der Waals surface area (Å²) >= 11 is 5.34. The molecular weight excluding hydrogens is 226 g/mol. The van der Waals surface area contributed by atoms with Gasteiger partial charge in [-0.15, -0.1) is 0 Å². The first-order valence-electron chi connectivity index (χ1n) is 4.45. The zero-order valence-electron chi connectivity index (χ0n) is 8.23. The third kappa shape index (κ3) is 2.68. The number of nitrogens with zero attached hydrogens (tertiary/aromatic N) is 1. The van der Waals surface area contributed by atoms with Gasteiger partial charge in [-0.3, -0.25) is 9.69 Å². The number of carbonyl (C=O) groups excluding carboxylic acids is 1. The second-order valence-electron chi connectivity index (χ2n) is 3.70. The summed E-state index contributed by atoms with van der Waals surface area (Å²) in [4.78, 5) is 12.6. The molecule has 0 aromatic heterocycles. The standard InChI is InChI=1S/C8H14ClNO3S/c1-6(8(9)11)10(2)7-3-4-14(12,13)5-7/h6-7H,3-5H2,1-2H3. The third-order valence-electron chi connectivity index (χ3n) is 2.72. The zero-order chi connectivity index (χ0) is 10.9. The van der Waals surface area contributed by atoms with Gasteiger partial charge in [0.25, 0.3) is 0 Å². The molecule has 1 saturated heterocycles. The Hall–Kier alpha value is -0.130. The minimum Gasteiger partial charge on any atom is -0.292 e. The van der Waals surface area contributed by atoms with Crippen LogP contribution in [-0.4, -0.2) is 49.2 Å². The van der Waals surface area contributed by atoms with Crippen LogP contribution in [0.1, 0.15) is 13.3 Å². The summed E-state index contributed by atoms with van der Waals surface area (Å²) in [6.07, 6.45) is 0.591. The van der Waals surface area contributed by atoms with E-state index < -0.39 is 21.1 Å². The number of halogens is 1. The predicted molar refractivity (Wildman–Crippen MR) is 55.1 cm³/mol. The van der Waals surface area contributed by atoms with Crippen LogP contribution in [0.4, 0.5) is 0 Å². The van der Waals surface area contributed by atoms with Crippen LogP contribution >= 0.6 is 11.6 Å². The molecule has 82 valence electrons. The lowest BCUT2D eigenvalue weighted by Crippen LogP contribution is -2.42. The third-order valence-corrected chi connectivity index (χ3v) is 4.79. The van der Waals surface area contributed by atoms with Crippen LogP contribution in [0.15, 0.2) is 0 Å². The van der Waals surface area contributed by atoms with Crippen molar-refractivity contribution in [2.75, 3.05) is 18.6 Å². The Morgan fingerprint density at radius 2 is 2.14 bits per heavy atom. The molecule has 0 aliphatic carbocycles. The second-order valence-corrected chi connectivity index (χ2v) is 6.30. The van der Waals surface area contributed by atoms with E-state index in [1.54, 1.807) is 18.9 Å². The molecule has 0 aromatic carbocycles. The van der Waals surface area contributed by atoms with E-state index in [1.807, 2.05) is 0 Å². The maximum Gasteiger partial charge on any atom is 0.238 e. The van der Waals surface area contributed by atoms with Crippen LogP contribution in [-0.2, 0) is 14.6 Å². The normalized spacial score (nSPS) is 27.9. The van der Waals surface area contributed by atoms with Gasteiger partial charge in [0.15, 0.2) is 9.84 Å². The Morgan fingerprint density at radius 3 is 2.50 bits per heavy atom. The van der Waals surface area contributed by atoms with E-state index in [0.717, 1.165) is 0 Å². The smallest absolute Gasteiger partial charge is 0.238 e. The topological polar surface area (TPSA) is 54.5 Å². The van der Waals surface area contributed by atoms with Crippen molar-refractivity contribution in [2.45, 2.75) is 25.4 Å². The summed E-state index contributed by atoms with van der Waals surface area (Å²) in [7, 11) is -1.16. The lowest BCUT2D eigenvalue weighted by atomic mass is 10.2. The Balaban J connectivity index is 2.64. The van der Waals surface area contributed by atoms with E-state index in [-0.39, 0.29) is 17.5 Å². The molecule has 0 bridgehead atoms. The summed E-state index contributed by atoms with van der Waals surface area (Å²) < 4.78 is 22.4. The Kier molecular flexibility index (Phi) is 3.55. The molecule has 1 aliphatic heterocycles. The SMILES string of the molecule is CC(C(=O)Cl)N(C)C1CCS(=O)(=O)C1. The van der Waals surface area contributed by atoms with Crippen molar-refractivity contribution in [3.8, 4) is 0 Å². The van der Waals surface area contributed by atoms with Gasteiger partial charge >= 0.3 is 0 Å². The molecule has 6 heteroatoms. The highest BCUT2D eigenvalue weighted by Crippen LogP contribution is 2.18. The summed E-state index contributed by atoms with van der Waals surface area (Å²) in [6, 6.07) is -0.493. The van der Waals surface area contributed by atoms with Crippen LogP contribution in [0.3, 0.4) is 0 Å². The Bertz CT molecular complexity index is 327. The van der Waals surface area contributed by atoms with Crippen molar-refractivity contribution in [3.63, 3.8) is 0 Å². The molecule has 2 atom stereocenters. The van der Waals surface area contributed by atoms with Gasteiger partial charge in [-0.2, -0.15) is 0 Å². The molecule has 1 rings (SSSR count).